The van der Waals surface area contributed by atoms with E-state index in [0.717, 1.165) is 18.8 Å². The van der Waals surface area contributed by atoms with E-state index < -0.39 is 0 Å². The first-order valence-electron chi connectivity index (χ1n) is 5.56. The molecule has 2 heterocycles. The SMILES string of the molecule is Cc1ncsc1CN1CC(CO)OCC1C. The van der Waals surface area contributed by atoms with Gasteiger partial charge in [-0.3, -0.25) is 4.90 Å². The fourth-order valence-electron chi connectivity index (χ4n) is 1.87. The molecule has 0 amide bonds. The zero-order valence-corrected chi connectivity index (χ0v) is 10.5. The number of nitrogens with zero attached hydrogens (tertiary/aromatic N) is 2. The van der Waals surface area contributed by atoms with E-state index in [1.54, 1.807) is 11.3 Å². The van der Waals surface area contributed by atoms with Crippen LogP contribution < -0.4 is 0 Å². The average molecular weight is 242 g/mol. The summed E-state index contributed by atoms with van der Waals surface area (Å²) in [4.78, 5) is 7.92. The Morgan fingerprint density at radius 1 is 1.69 bits per heavy atom. The molecule has 1 aliphatic heterocycles. The molecule has 0 saturated carbocycles. The molecular weight excluding hydrogens is 224 g/mol. The molecule has 0 bridgehead atoms. The Bertz CT molecular complexity index is 342. The van der Waals surface area contributed by atoms with Crippen LogP contribution in [0.3, 0.4) is 0 Å². The third-order valence-electron chi connectivity index (χ3n) is 3.03. The molecule has 2 atom stereocenters. The van der Waals surface area contributed by atoms with Gasteiger partial charge in [-0.1, -0.05) is 0 Å². The van der Waals surface area contributed by atoms with Gasteiger partial charge in [-0.05, 0) is 13.8 Å². The number of aromatic nitrogens is 1. The highest BCUT2D eigenvalue weighted by Gasteiger charge is 2.26. The van der Waals surface area contributed by atoms with E-state index >= 15 is 0 Å². The van der Waals surface area contributed by atoms with E-state index in [1.165, 1.54) is 4.88 Å². The fourth-order valence-corrected chi connectivity index (χ4v) is 2.67. The van der Waals surface area contributed by atoms with Crippen LogP contribution in [0.15, 0.2) is 5.51 Å². The Morgan fingerprint density at radius 2 is 2.50 bits per heavy atom. The molecule has 1 aromatic rings. The summed E-state index contributed by atoms with van der Waals surface area (Å²) in [5.41, 5.74) is 3.00. The highest BCUT2D eigenvalue weighted by Crippen LogP contribution is 2.19. The molecular formula is C11H18N2O2S. The summed E-state index contributed by atoms with van der Waals surface area (Å²) in [6.45, 7) is 6.71. The van der Waals surface area contributed by atoms with Crippen molar-refractivity contribution in [3.05, 3.63) is 16.1 Å². The first-order chi connectivity index (χ1) is 7.70. The number of aliphatic hydroxyl groups is 1. The number of aryl methyl sites for hydroxylation is 1. The number of rotatable bonds is 3. The summed E-state index contributed by atoms with van der Waals surface area (Å²) in [7, 11) is 0. The molecule has 2 unspecified atom stereocenters. The standard InChI is InChI=1S/C11H18N2O2S/c1-8-6-15-10(5-14)3-13(8)4-11-9(2)12-7-16-11/h7-8,10,14H,3-6H2,1-2H3. The van der Waals surface area contributed by atoms with Gasteiger partial charge in [-0.25, -0.2) is 4.98 Å². The van der Waals surface area contributed by atoms with Crippen molar-refractivity contribution >= 4 is 11.3 Å². The largest absolute Gasteiger partial charge is 0.394 e. The molecule has 1 N–H and O–H groups in total. The molecule has 5 heteroatoms. The number of ether oxygens (including phenoxy) is 1. The first-order valence-corrected chi connectivity index (χ1v) is 6.44. The topological polar surface area (TPSA) is 45.6 Å². The fraction of sp³-hybridized carbons (Fsp3) is 0.727. The maximum atomic E-state index is 9.11. The predicted molar refractivity (Wildman–Crippen MR) is 63.5 cm³/mol. The average Bonchev–Trinajstić information content (AvgIpc) is 2.68. The van der Waals surface area contributed by atoms with Crippen molar-refractivity contribution in [2.75, 3.05) is 19.8 Å². The van der Waals surface area contributed by atoms with Crippen molar-refractivity contribution in [3.8, 4) is 0 Å². The third kappa shape index (κ3) is 2.60. The predicted octanol–water partition coefficient (Wildman–Crippen LogP) is 1.03. The van der Waals surface area contributed by atoms with Gasteiger partial charge in [0.2, 0.25) is 0 Å². The lowest BCUT2D eigenvalue weighted by Crippen LogP contribution is -2.48. The molecule has 16 heavy (non-hydrogen) atoms. The molecule has 1 aromatic heterocycles. The Hall–Kier alpha value is -0.490. The Kier molecular flexibility index (Phi) is 3.91. The minimum Gasteiger partial charge on any atom is -0.394 e. The minimum atomic E-state index is -0.0376. The van der Waals surface area contributed by atoms with Crippen LogP contribution in [-0.4, -0.2) is 46.9 Å². The number of hydrogen-bond donors (Lipinski definition) is 1. The van der Waals surface area contributed by atoms with Crippen molar-refractivity contribution < 1.29 is 9.84 Å². The van der Waals surface area contributed by atoms with E-state index in [0.29, 0.717) is 12.6 Å². The summed E-state index contributed by atoms with van der Waals surface area (Å²) >= 11 is 1.70. The van der Waals surface area contributed by atoms with Crippen LogP contribution in [0, 0.1) is 6.92 Å². The lowest BCUT2D eigenvalue weighted by atomic mass is 10.2. The summed E-state index contributed by atoms with van der Waals surface area (Å²) in [6.07, 6.45) is -0.0376. The number of thiazole rings is 1. The van der Waals surface area contributed by atoms with E-state index in [9.17, 15) is 0 Å². The van der Waals surface area contributed by atoms with Gasteiger partial charge in [-0.2, -0.15) is 0 Å². The lowest BCUT2D eigenvalue weighted by molar-refractivity contribution is -0.0803. The van der Waals surface area contributed by atoms with Crippen LogP contribution in [0.1, 0.15) is 17.5 Å². The Labute approximate surface area is 99.9 Å². The highest BCUT2D eigenvalue weighted by molar-refractivity contribution is 7.09. The quantitative estimate of drug-likeness (QED) is 0.860. The second kappa shape index (κ2) is 5.23. The van der Waals surface area contributed by atoms with E-state index in [-0.39, 0.29) is 12.7 Å². The Morgan fingerprint density at radius 3 is 3.12 bits per heavy atom. The normalized spacial score (nSPS) is 27.2. The zero-order valence-electron chi connectivity index (χ0n) is 9.72. The van der Waals surface area contributed by atoms with Crippen molar-refractivity contribution in [2.24, 2.45) is 0 Å². The van der Waals surface area contributed by atoms with Gasteiger partial charge < -0.3 is 9.84 Å². The lowest BCUT2D eigenvalue weighted by Gasteiger charge is -2.37. The van der Waals surface area contributed by atoms with Crippen molar-refractivity contribution in [3.63, 3.8) is 0 Å². The maximum Gasteiger partial charge on any atom is 0.0933 e. The second-order valence-electron chi connectivity index (χ2n) is 4.28. The van der Waals surface area contributed by atoms with Gasteiger partial charge >= 0.3 is 0 Å². The van der Waals surface area contributed by atoms with E-state index in [2.05, 4.69) is 16.8 Å². The van der Waals surface area contributed by atoms with Gasteiger partial charge in [0, 0.05) is 24.0 Å². The molecule has 0 radical (unpaired) electrons. The van der Waals surface area contributed by atoms with Gasteiger partial charge in [0.1, 0.15) is 0 Å². The van der Waals surface area contributed by atoms with Crippen LogP contribution in [0.4, 0.5) is 0 Å². The zero-order chi connectivity index (χ0) is 11.5. The van der Waals surface area contributed by atoms with Gasteiger partial charge in [-0.15, -0.1) is 11.3 Å². The molecule has 1 saturated heterocycles. The molecule has 90 valence electrons. The third-order valence-corrected chi connectivity index (χ3v) is 3.95. The molecule has 0 aromatic carbocycles. The minimum absolute atomic E-state index is 0.0376. The van der Waals surface area contributed by atoms with Crippen molar-refractivity contribution in [2.45, 2.75) is 32.5 Å². The highest BCUT2D eigenvalue weighted by atomic mass is 32.1. The van der Waals surface area contributed by atoms with E-state index in [4.69, 9.17) is 9.84 Å². The second-order valence-corrected chi connectivity index (χ2v) is 5.22. The molecule has 2 rings (SSSR count). The summed E-state index contributed by atoms with van der Waals surface area (Å²) in [5, 5.41) is 9.11. The summed E-state index contributed by atoms with van der Waals surface area (Å²) < 4.78 is 5.52. The van der Waals surface area contributed by atoms with Crippen molar-refractivity contribution in [1.29, 1.82) is 0 Å². The number of morpholine rings is 1. The molecule has 0 aliphatic carbocycles. The summed E-state index contributed by atoms with van der Waals surface area (Å²) in [6, 6.07) is 0.407. The molecule has 1 aliphatic rings. The molecule has 0 spiro atoms. The first kappa shape index (κ1) is 12.0. The van der Waals surface area contributed by atoms with Crippen LogP contribution in [-0.2, 0) is 11.3 Å². The van der Waals surface area contributed by atoms with Crippen LogP contribution in [0.5, 0.6) is 0 Å². The Balaban J connectivity index is 1.99. The van der Waals surface area contributed by atoms with Gasteiger partial charge in [0.25, 0.3) is 0 Å². The van der Waals surface area contributed by atoms with Gasteiger partial charge in [0.15, 0.2) is 0 Å². The van der Waals surface area contributed by atoms with Crippen molar-refractivity contribution in [1.82, 2.24) is 9.88 Å². The van der Waals surface area contributed by atoms with Crippen LogP contribution in [0.2, 0.25) is 0 Å². The number of aliphatic hydroxyl groups excluding tert-OH is 1. The molecule has 4 nitrogen and oxygen atoms in total. The van der Waals surface area contributed by atoms with Crippen LogP contribution in [0.25, 0.3) is 0 Å². The number of hydrogen-bond acceptors (Lipinski definition) is 5. The van der Waals surface area contributed by atoms with E-state index in [1.807, 2.05) is 12.4 Å². The molecule has 1 fully saturated rings. The van der Waals surface area contributed by atoms with Crippen LogP contribution >= 0.6 is 11.3 Å². The summed E-state index contributed by atoms with van der Waals surface area (Å²) in [5.74, 6) is 0. The maximum absolute atomic E-state index is 9.11. The monoisotopic (exact) mass is 242 g/mol. The van der Waals surface area contributed by atoms with Gasteiger partial charge in [0.05, 0.1) is 30.5 Å². The smallest absolute Gasteiger partial charge is 0.0933 e.